The molecule has 1 aromatic heterocycles. The molecule has 316 valence electrons. The summed E-state index contributed by atoms with van der Waals surface area (Å²) in [4.78, 5) is 2.40. The van der Waals surface area contributed by atoms with E-state index in [-0.39, 0.29) is 0 Å². The molecule has 0 amide bonds. The Hall–Kier alpha value is -7.42. The molecule has 0 unspecified atom stereocenters. The Kier molecular flexibility index (Phi) is 11.2. The van der Waals surface area contributed by atoms with Crippen molar-refractivity contribution in [2.24, 2.45) is 0 Å². The van der Waals surface area contributed by atoms with Crippen molar-refractivity contribution in [3.8, 4) is 27.9 Å². The van der Waals surface area contributed by atoms with Gasteiger partial charge in [-0.2, -0.15) is 0 Å². The molecule has 1 fully saturated rings. The van der Waals surface area contributed by atoms with Crippen LogP contribution in [0.4, 0.5) is 17.1 Å². The lowest BCUT2D eigenvalue weighted by Gasteiger charge is -2.29. The summed E-state index contributed by atoms with van der Waals surface area (Å²) in [5.74, 6) is 0. The molecule has 0 saturated heterocycles. The highest BCUT2D eigenvalue weighted by Crippen LogP contribution is 2.45. The monoisotopic (exact) mass is 838 g/mol. The number of benzene rings is 8. The van der Waals surface area contributed by atoms with Crippen molar-refractivity contribution in [2.45, 2.75) is 57.8 Å². The minimum atomic E-state index is 1.05. The second-order valence-corrected chi connectivity index (χ2v) is 17.8. The summed E-state index contributed by atoms with van der Waals surface area (Å²) in [7, 11) is 0. The van der Waals surface area contributed by atoms with Crippen LogP contribution in [0.2, 0.25) is 0 Å². The predicted octanol–water partition coefficient (Wildman–Crippen LogP) is 17.9. The second-order valence-electron chi connectivity index (χ2n) is 17.8. The van der Waals surface area contributed by atoms with Gasteiger partial charge in [-0.3, -0.25) is 0 Å². The lowest BCUT2D eigenvalue weighted by Crippen LogP contribution is -2.10. The number of aromatic nitrogens is 1. The number of hydrogen-bond acceptors (Lipinski definition) is 1. The Morgan fingerprint density at radius 3 is 1.28 bits per heavy atom. The molecule has 11 rings (SSSR count). The molecule has 2 aliphatic rings. The molecule has 1 saturated carbocycles. The van der Waals surface area contributed by atoms with Gasteiger partial charge in [0.15, 0.2) is 0 Å². The predicted molar refractivity (Wildman–Crippen MR) is 277 cm³/mol. The zero-order chi connectivity index (χ0) is 43.5. The Morgan fingerprint density at radius 1 is 0.323 bits per heavy atom. The maximum Gasteiger partial charge on any atom is 0.0541 e. The topological polar surface area (TPSA) is 8.17 Å². The van der Waals surface area contributed by atoms with Crippen LogP contribution < -0.4 is 4.90 Å². The van der Waals surface area contributed by atoms with Crippen LogP contribution >= 0.6 is 0 Å². The van der Waals surface area contributed by atoms with Gasteiger partial charge < -0.3 is 9.47 Å². The fourth-order valence-corrected chi connectivity index (χ4v) is 10.6. The van der Waals surface area contributed by atoms with Crippen molar-refractivity contribution in [2.75, 3.05) is 4.90 Å². The average Bonchev–Trinajstić information content (AvgIpc) is 3.71. The van der Waals surface area contributed by atoms with Crippen molar-refractivity contribution in [1.29, 1.82) is 0 Å². The van der Waals surface area contributed by atoms with Crippen LogP contribution in [0.25, 0.3) is 60.9 Å². The van der Waals surface area contributed by atoms with Crippen LogP contribution in [0, 0.1) is 0 Å². The van der Waals surface area contributed by atoms with Gasteiger partial charge in [-0.25, -0.2) is 0 Å². The van der Waals surface area contributed by atoms with E-state index in [9.17, 15) is 0 Å². The molecule has 0 aliphatic heterocycles. The summed E-state index contributed by atoms with van der Waals surface area (Å²) in [5.41, 5.74) is 21.8. The fourth-order valence-electron chi connectivity index (χ4n) is 10.6. The lowest BCUT2D eigenvalue weighted by atomic mass is 9.76. The zero-order valence-electron chi connectivity index (χ0n) is 37.1. The molecule has 2 nitrogen and oxygen atoms in total. The van der Waals surface area contributed by atoms with E-state index in [2.05, 4.69) is 216 Å². The molecule has 0 spiro atoms. The van der Waals surface area contributed by atoms with Crippen molar-refractivity contribution >= 4 is 50.0 Å². The van der Waals surface area contributed by atoms with Gasteiger partial charge in [-0.15, -0.1) is 0 Å². The Labute approximate surface area is 384 Å². The van der Waals surface area contributed by atoms with Crippen molar-refractivity contribution in [3.63, 3.8) is 0 Å². The average molecular weight is 839 g/mol. The largest absolute Gasteiger partial charge is 0.311 e. The minimum Gasteiger partial charge on any atom is -0.311 e. The third-order valence-corrected chi connectivity index (χ3v) is 13.8. The normalized spacial score (nSPS) is 15.8. The van der Waals surface area contributed by atoms with E-state index in [0.717, 1.165) is 48.4 Å². The molecular formula is C63H54N2. The van der Waals surface area contributed by atoms with Gasteiger partial charge in [-0.05, 0) is 173 Å². The fraction of sp³-hybridized carbons (Fsp3) is 0.143. The van der Waals surface area contributed by atoms with Crippen LogP contribution in [0.1, 0.15) is 68.9 Å². The van der Waals surface area contributed by atoms with Crippen LogP contribution in [0.15, 0.2) is 230 Å². The number of para-hydroxylation sites is 2. The Balaban J connectivity index is 0.959. The molecule has 65 heavy (non-hydrogen) atoms. The molecule has 0 atom stereocenters. The first-order valence-corrected chi connectivity index (χ1v) is 23.6. The summed E-state index contributed by atoms with van der Waals surface area (Å²) in [6.07, 6.45) is 10.6. The van der Waals surface area contributed by atoms with Crippen LogP contribution in [0.5, 0.6) is 0 Å². The third-order valence-electron chi connectivity index (χ3n) is 13.8. The number of fused-ring (bicyclic) bond motifs is 4. The smallest absolute Gasteiger partial charge is 0.0541 e. The van der Waals surface area contributed by atoms with E-state index >= 15 is 0 Å². The molecule has 0 radical (unpaired) electrons. The molecule has 1 heterocycles. The molecule has 0 bridgehead atoms. The molecule has 8 aromatic carbocycles. The summed E-state index contributed by atoms with van der Waals surface area (Å²) < 4.78 is 2.38. The SMILES string of the molecule is C=C1CCCCC/C(c2ccccc2)=C2/CCCCC2=C1c1ccc(N(c2ccc(-c3ccccc3)cc2)c2ccc(-c3ccc(-n4c5ccccc5c5ccccc54)cc3)cc2)cc1. The number of anilines is 3. The maximum absolute atomic E-state index is 4.80. The van der Waals surface area contributed by atoms with E-state index in [4.69, 9.17) is 6.58 Å². The van der Waals surface area contributed by atoms with E-state index in [1.165, 1.54) is 104 Å². The van der Waals surface area contributed by atoms with Crippen LogP contribution in [-0.2, 0) is 0 Å². The quantitative estimate of drug-likeness (QED) is 0.148. The standard InChI is InChI=1S/C63H54N2/c1-45-17-5-2-10-22-56(50-20-8-4-9-21-50)57-23-11-12-26-60(57)63(45)51-35-43-54(44-36-51)64(52-37-29-47(30-38-52)46-18-6-3-7-19-46)53-39-31-48(32-40-53)49-33-41-55(42-34-49)65-61-27-15-13-24-58(61)59-25-14-16-28-62(59)65/h3-4,6-9,13-16,18-21,24-25,27-44H,1-2,5,10-12,17,22-23,26H2/b57-56+,63-60?. The van der Waals surface area contributed by atoms with E-state index < -0.39 is 0 Å². The minimum absolute atomic E-state index is 1.05. The summed E-state index contributed by atoms with van der Waals surface area (Å²) >= 11 is 0. The molecule has 0 N–H and O–H groups in total. The molecule has 2 heteroatoms. The van der Waals surface area contributed by atoms with Gasteiger partial charge in [0, 0.05) is 33.5 Å². The number of rotatable bonds is 8. The molecule has 2 aliphatic carbocycles. The highest BCUT2D eigenvalue weighted by atomic mass is 15.1. The van der Waals surface area contributed by atoms with Crippen LogP contribution in [-0.4, -0.2) is 4.57 Å². The number of hydrogen-bond donors (Lipinski definition) is 0. The second kappa shape index (κ2) is 18.0. The summed E-state index contributed by atoms with van der Waals surface area (Å²) in [6.45, 7) is 4.80. The highest BCUT2D eigenvalue weighted by Gasteiger charge is 2.24. The molecule has 9 aromatic rings. The summed E-state index contributed by atoms with van der Waals surface area (Å²) in [6, 6.07) is 75.7. The van der Waals surface area contributed by atoms with E-state index in [1.807, 2.05) is 0 Å². The van der Waals surface area contributed by atoms with Crippen molar-refractivity contribution in [1.82, 2.24) is 4.57 Å². The zero-order valence-corrected chi connectivity index (χ0v) is 37.1. The van der Waals surface area contributed by atoms with Gasteiger partial charge in [0.2, 0.25) is 0 Å². The van der Waals surface area contributed by atoms with Crippen molar-refractivity contribution in [3.05, 3.63) is 241 Å². The van der Waals surface area contributed by atoms with Gasteiger partial charge in [-0.1, -0.05) is 159 Å². The first kappa shape index (κ1) is 40.4. The highest BCUT2D eigenvalue weighted by molar-refractivity contribution is 6.09. The Morgan fingerprint density at radius 2 is 0.723 bits per heavy atom. The van der Waals surface area contributed by atoms with Gasteiger partial charge in [0.1, 0.15) is 0 Å². The van der Waals surface area contributed by atoms with Crippen molar-refractivity contribution < 1.29 is 0 Å². The maximum atomic E-state index is 4.80. The summed E-state index contributed by atoms with van der Waals surface area (Å²) in [5, 5.41) is 2.55. The van der Waals surface area contributed by atoms with E-state index in [0.29, 0.717) is 0 Å². The number of allylic oxidation sites excluding steroid dienone is 5. The first-order chi connectivity index (χ1) is 32.2. The van der Waals surface area contributed by atoms with Gasteiger partial charge >= 0.3 is 0 Å². The van der Waals surface area contributed by atoms with Gasteiger partial charge in [0.05, 0.1) is 11.0 Å². The van der Waals surface area contributed by atoms with Gasteiger partial charge in [0.25, 0.3) is 0 Å². The van der Waals surface area contributed by atoms with E-state index in [1.54, 1.807) is 11.1 Å². The lowest BCUT2D eigenvalue weighted by molar-refractivity contribution is 0.662. The van der Waals surface area contributed by atoms with Crippen LogP contribution in [0.3, 0.4) is 0 Å². The molecular weight excluding hydrogens is 785 g/mol. The number of nitrogens with zero attached hydrogens (tertiary/aromatic N) is 2. The third kappa shape index (κ3) is 7.95. The Bertz CT molecular complexity index is 3130. The first-order valence-electron chi connectivity index (χ1n) is 23.6.